The number of halogens is 6. The number of ether oxygens (including phenoxy) is 2. The number of amides is 1. The molecule has 0 unspecified atom stereocenters. The number of fused-ring (bicyclic) bond motifs is 1. The summed E-state index contributed by atoms with van der Waals surface area (Å²) >= 11 is 0. The van der Waals surface area contributed by atoms with Gasteiger partial charge >= 0.3 is 24.4 Å². The molecule has 5 rings (SSSR count). The SMILES string of the molecule is CCOC(=O)C1CCN(c2cnc(N[C@H]3C[C@@H](CC)N(C(=O)OCC)c4ccc(C(F)(F)F)cc43)nc2Cc2cc(C#N)cc(C(F)(F)F)c2)CC1. The van der Waals surface area contributed by atoms with E-state index < -0.39 is 41.7 Å². The zero-order chi connectivity index (χ0) is 37.8. The van der Waals surface area contributed by atoms with Gasteiger partial charge in [0.2, 0.25) is 5.95 Å². The van der Waals surface area contributed by atoms with Gasteiger partial charge in [-0.05, 0) is 87.1 Å². The van der Waals surface area contributed by atoms with Gasteiger partial charge in [0, 0.05) is 25.6 Å². The topological polar surface area (TPSA) is 121 Å². The lowest BCUT2D eigenvalue weighted by Crippen LogP contribution is -2.46. The van der Waals surface area contributed by atoms with E-state index >= 15 is 0 Å². The van der Waals surface area contributed by atoms with Crippen molar-refractivity contribution in [2.45, 2.75) is 77.3 Å². The van der Waals surface area contributed by atoms with Crippen molar-refractivity contribution in [2.24, 2.45) is 5.92 Å². The first-order valence-electron chi connectivity index (χ1n) is 17.0. The van der Waals surface area contributed by atoms with Crippen molar-refractivity contribution in [1.82, 2.24) is 9.97 Å². The Morgan fingerprint density at radius 3 is 2.25 bits per heavy atom. The van der Waals surface area contributed by atoms with Crippen LogP contribution in [-0.4, -0.2) is 54.4 Å². The highest BCUT2D eigenvalue weighted by atomic mass is 19.4. The standard InChI is InChI=1S/C36H38F6N6O4/c1-4-26-18-28(27-17-24(35(37,38)39)7-8-30(27)48(26)34(50)52-6-3)45-33-44-20-31(47-11-9-23(10-12-47)32(49)51-5-2)29(46-33)16-21-13-22(19-43)15-25(14-21)36(40,41)42/h7-8,13-15,17,20,23,26,28H,4-6,9-12,16,18H2,1-3H3,(H,44,45,46)/t26-,28+/m1/s1. The molecule has 1 amide bonds. The van der Waals surface area contributed by atoms with Crippen LogP contribution in [-0.2, 0) is 33.0 Å². The van der Waals surface area contributed by atoms with Crippen molar-refractivity contribution in [2.75, 3.05) is 41.4 Å². The number of alkyl halides is 6. The molecule has 3 aromatic rings. The predicted molar refractivity (Wildman–Crippen MR) is 179 cm³/mol. The van der Waals surface area contributed by atoms with Crippen LogP contribution in [0, 0.1) is 17.2 Å². The molecular formula is C36H38F6N6O4. The number of nitrogens with one attached hydrogen (secondary N) is 1. The first-order chi connectivity index (χ1) is 24.7. The summed E-state index contributed by atoms with van der Waals surface area (Å²) in [5, 5.41) is 12.6. The molecule has 0 aliphatic carbocycles. The van der Waals surface area contributed by atoms with Crippen molar-refractivity contribution < 1.29 is 45.4 Å². The van der Waals surface area contributed by atoms with Gasteiger partial charge < -0.3 is 19.7 Å². The number of nitrogens with zero attached hydrogens (tertiary/aromatic N) is 5. The van der Waals surface area contributed by atoms with Gasteiger partial charge in [0.15, 0.2) is 0 Å². The fraction of sp³-hybridized carbons (Fsp3) is 0.472. The number of aromatic nitrogens is 2. The van der Waals surface area contributed by atoms with E-state index in [1.807, 2.05) is 11.8 Å². The van der Waals surface area contributed by atoms with Crippen LogP contribution in [0.2, 0.25) is 0 Å². The van der Waals surface area contributed by atoms with E-state index in [1.54, 1.807) is 19.9 Å². The second kappa shape index (κ2) is 15.7. The average Bonchev–Trinajstić information content (AvgIpc) is 3.10. The molecular weight excluding hydrogens is 694 g/mol. The summed E-state index contributed by atoms with van der Waals surface area (Å²) in [6.07, 6.45) is -7.20. The number of hydrogen-bond acceptors (Lipinski definition) is 9. The van der Waals surface area contributed by atoms with Gasteiger partial charge in [-0.15, -0.1) is 0 Å². The quantitative estimate of drug-likeness (QED) is 0.172. The molecule has 2 aliphatic heterocycles. The summed E-state index contributed by atoms with van der Waals surface area (Å²) in [6, 6.07) is 6.66. The average molecular weight is 733 g/mol. The summed E-state index contributed by atoms with van der Waals surface area (Å²) < 4.78 is 93.5. The van der Waals surface area contributed by atoms with Crippen LogP contribution >= 0.6 is 0 Å². The highest BCUT2D eigenvalue weighted by Crippen LogP contribution is 2.43. The molecule has 1 fully saturated rings. The number of benzene rings is 2. The third-order valence-electron chi connectivity index (χ3n) is 9.22. The Labute approximate surface area is 296 Å². The molecule has 10 nitrogen and oxygen atoms in total. The van der Waals surface area contributed by atoms with Crippen molar-refractivity contribution in [3.05, 3.63) is 76.1 Å². The molecule has 1 N–H and O–H groups in total. The lowest BCUT2D eigenvalue weighted by atomic mass is 9.89. The Balaban J connectivity index is 1.55. The van der Waals surface area contributed by atoms with Crippen LogP contribution in [0.25, 0.3) is 0 Å². The number of nitriles is 1. The number of piperidine rings is 1. The first kappa shape index (κ1) is 38.2. The van der Waals surface area contributed by atoms with Gasteiger partial charge in [-0.25, -0.2) is 14.8 Å². The minimum absolute atomic E-state index is 0.000409. The van der Waals surface area contributed by atoms with Crippen molar-refractivity contribution in [1.29, 1.82) is 5.26 Å². The van der Waals surface area contributed by atoms with Crippen LogP contribution in [0.5, 0.6) is 0 Å². The lowest BCUT2D eigenvalue weighted by Gasteiger charge is -2.40. The Hall–Kier alpha value is -5.07. The fourth-order valence-corrected chi connectivity index (χ4v) is 6.72. The Bertz CT molecular complexity index is 1820. The number of hydrogen-bond donors (Lipinski definition) is 1. The molecule has 52 heavy (non-hydrogen) atoms. The molecule has 3 heterocycles. The zero-order valence-corrected chi connectivity index (χ0v) is 28.8. The van der Waals surface area contributed by atoms with Gasteiger partial charge in [0.05, 0.1) is 71.2 Å². The van der Waals surface area contributed by atoms with Gasteiger partial charge in [-0.3, -0.25) is 9.69 Å². The van der Waals surface area contributed by atoms with Crippen molar-refractivity contribution in [3.63, 3.8) is 0 Å². The zero-order valence-electron chi connectivity index (χ0n) is 28.8. The van der Waals surface area contributed by atoms with Crippen molar-refractivity contribution in [3.8, 4) is 6.07 Å². The number of anilines is 3. The van der Waals surface area contributed by atoms with E-state index in [0.717, 1.165) is 24.3 Å². The summed E-state index contributed by atoms with van der Waals surface area (Å²) in [5.74, 6) is -0.628. The fourth-order valence-electron chi connectivity index (χ4n) is 6.72. The maximum absolute atomic E-state index is 13.9. The highest BCUT2D eigenvalue weighted by molar-refractivity contribution is 5.90. The lowest BCUT2D eigenvalue weighted by molar-refractivity contribution is -0.148. The molecule has 0 saturated carbocycles. The van der Waals surface area contributed by atoms with E-state index in [-0.39, 0.29) is 66.3 Å². The monoisotopic (exact) mass is 732 g/mol. The number of carbonyl (C=O) groups is 2. The van der Waals surface area contributed by atoms with Crippen LogP contribution in [0.15, 0.2) is 42.6 Å². The van der Waals surface area contributed by atoms with E-state index in [2.05, 4.69) is 10.3 Å². The summed E-state index contributed by atoms with van der Waals surface area (Å²) in [4.78, 5) is 37.9. The van der Waals surface area contributed by atoms with Gasteiger partial charge in [0.1, 0.15) is 0 Å². The molecule has 1 aromatic heterocycles. The molecule has 0 spiro atoms. The van der Waals surface area contributed by atoms with Crippen LogP contribution < -0.4 is 15.1 Å². The molecule has 16 heteroatoms. The molecule has 278 valence electrons. The number of esters is 1. The largest absolute Gasteiger partial charge is 0.466 e. The third-order valence-corrected chi connectivity index (χ3v) is 9.22. The smallest absolute Gasteiger partial charge is 0.416 e. The Morgan fingerprint density at radius 1 is 0.942 bits per heavy atom. The van der Waals surface area contributed by atoms with E-state index in [0.29, 0.717) is 43.7 Å². The van der Waals surface area contributed by atoms with Crippen LogP contribution in [0.3, 0.4) is 0 Å². The number of carbonyl (C=O) groups excluding carboxylic acids is 2. The van der Waals surface area contributed by atoms with Gasteiger partial charge in [-0.1, -0.05) is 6.92 Å². The van der Waals surface area contributed by atoms with E-state index in [4.69, 9.17) is 14.5 Å². The molecule has 0 radical (unpaired) electrons. The Morgan fingerprint density at radius 2 is 1.63 bits per heavy atom. The van der Waals surface area contributed by atoms with E-state index in [1.165, 1.54) is 23.2 Å². The van der Waals surface area contributed by atoms with Crippen LogP contribution in [0.4, 0.5) is 48.5 Å². The third kappa shape index (κ3) is 8.51. The van der Waals surface area contributed by atoms with Crippen molar-refractivity contribution >= 4 is 29.4 Å². The second-order valence-electron chi connectivity index (χ2n) is 12.6. The second-order valence-corrected chi connectivity index (χ2v) is 12.6. The summed E-state index contributed by atoms with van der Waals surface area (Å²) in [5.41, 5.74) is -0.754. The molecule has 2 aromatic carbocycles. The molecule has 1 saturated heterocycles. The highest BCUT2D eigenvalue weighted by Gasteiger charge is 2.40. The van der Waals surface area contributed by atoms with E-state index in [9.17, 15) is 41.2 Å². The van der Waals surface area contributed by atoms with Gasteiger partial charge in [0.25, 0.3) is 0 Å². The molecule has 0 bridgehead atoms. The number of rotatable bonds is 9. The maximum Gasteiger partial charge on any atom is 0.416 e. The Kier molecular flexibility index (Phi) is 11.5. The maximum atomic E-state index is 13.9. The minimum atomic E-state index is -4.71. The summed E-state index contributed by atoms with van der Waals surface area (Å²) in [6.45, 7) is 6.29. The van der Waals surface area contributed by atoms with Crippen LogP contribution in [0.1, 0.15) is 86.0 Å². The molecule has 2 atom stereocenters. The normalized spacial score (nSPS) is 18.0. The summed E-state index contributed by atoms with van der Waals surface area (Å²) in [7, 11) is 0. The predicted octanol–water partition coefficient (Wildman–Crippen LogP) is 8.05. The molecule has 2 aliphatic rings. The first-order valence-corrected chi connectivity index (χ1v) is 17.0. The van der Waals surface area contributed by atoms with Gasteiger partial charge in [-0.2, -0.15) is 31.6 Å². The minimum Gasteiger partial charge on any atom is -0.466 e.